The van der Waals surface area contributed by atoms with Crippen LogP contribution in [0.4, 0.5) is 11.4 Å². The maximum absolute atomic E-state index is 2.37. The van der Waals surface area contributed by atoms with E-state index in [1.54, 1.807) is 0 Å². The first-order valence-corrected chi connectivity index (χ1v) is 14.4. The number of unbranched alkanes of at least 4 members (excludes halogenated alkanes) is 3. The summed E-state index contributed by atoms with van der Waals surface area (Å²) >= 11 is 0. The standard InChI is InChI=1S/C36H44N4.2BrH/c1-37(2)33-21-15-31(16-22-33)19-25-35-13-7-11-29-39(35)27-9-5-6-10-28-40-30-12-8-14-36(40)26-20-32-17-23-34(24-18-32)38(3)4;;/h7-8,11-26,29-30H,5-6,9-10,27-28H2,1-4H3;2*1H/q+2;;/p-2. The molecule has 0 spiro atoms. The second-order valence-electron chi connectivity index (χ2n) is 10.7. The Morgan fingerprint density at radius 3 is 1.21 bits per heavy atom. The van der Waals surface area contributed by atoms with E-state index in [1.807, 2.05) is 0 Å². The zero-order valence-corrected chi connectivity index (χ0v) is 28.5. The third-order valence-corrected chi connectivity index (χ3v) is 7.21. The van der Waals surface area contributed by atoms with E-state index in [2.05, 4.69) is 169 Å². The van der Waals surface area contributed by atoms with Gasteiger partial charge in [0, 0.05) is 88.8 Å². The van der Waals surface area contributed by atoms with Crippen LogP contribution in [0.3, 0.4) is 0 Å². The Morgan fingerprint density at radius 1 is 0.476 bits per heavy atom. The molecule has 0 aliphatic carbocycles. The van der Waals surface area contributed by atoms with Crippen molar-refractivity contribution in [2.75, 3.05) is 38.0 Å². The molecule has 0 aliphatic rings. The summed E-state index contributed by atoms with van der Waals surface area (Å²) in [6.07, 6.45) is 18.1. The number of pyridine rings is 2. The third kappa shape index (κ3) is 10.9. The average molecular weight is 693 g/mol. The van der Waals surface area contributed by atoms with Gasteiger partial charge in [-0.15, -0.1) is 0 Å². The van der Waals surface area contributed by atoms with E-state index in [4.69, 9.17) is 0 Å². The number of nitrogens with zero attached hydrogens (tertiary/aromatic N) is 4. The molecule has 0 saturated heterocycles. The highest BCUT2D eigenvalue weighted by Crippen LogP contribution is 2.15. The number of halogens is 2. The Hall–Kier alpha value is -3.22. The Bertz CT molecular complexity index is 1290. The predicted molar refractivity (Wildman–Crippen MR) is 171 cm³/mol. The van der Waals surface area contributed by atoms with Gasteiger partial charge in [-0.25, -0.2) is 0 Å². The summed E-state index contributed by atoms with van der Waals surface area (Å²) in [5.41, 5.74) is 7.36. The molecule has 2 aromatic heterocycles. The lowest BCUT2D eigenvalue weighted by Gasteiger charge is -2.11. The SMILES string of the molecule is CN(C)c1ccc(/C=C/c2cccc[n+]2CCCCCC[n+]2ccccc2/C=C/c2ccc(N(C)C)cc2)cc1.[Br-].[Br-]. The second kappa shape index (κ2) is 18.3. The number of aryl methyl sites for hydroxylation is 2. The smallest absolute Gasteiger partial charge is 0.205 e. The Kier molecular flexibility index (Phi) is 15.3. The monoisotopic (exact) mass is 690 g/mol. The molecule has 6 heteroatoms. The lowest BCUT2D eigenvalue weighted by molar-refractivity contribution is -0.700. The van der Waals surface area contributed by atoms with Crippen LogP contribution in [0.5, 0.6) is 0 Å². The van der Waals surface area contributed by atoms with Gasteiger partial charge in [-0.3, -0.25) is 0 Å². The van der Waals surface area contributed by atoms with Gasteiger partial charge in [-0.1, -0.05) is 24.3 Å². The van der Waals surface area contributed by atoms with Gasteiger partial charge in [0.25, 0.3) is 0 Å². The topological polar surface area (TPSA) is 14.2 Å². The van der Waals surface area contributed by atoms with Gasteiger partial charge < -0.3 is 43.8 Å². The number of hydrogen-bond acceptors (Lipinski definition) is 2. The van der Waals surface area contributed by atoms with Crippen molar-refractivity contribution in [2.24, 2.45) is 0 Å². The molecule has 4 nitrogen and oxygen atoms in total. The van der Waals surface area contributed by atoms with Crippen LogP contribution >= 0.6 is 0 Å². The summed E-state index contributed by atoms with van der Waals surface area (Å²) in [7, 11) is 8.28. The highest BCUT2D eigenvalue weighted by molar-refractivity contribution is 5.69. The molecule has 0 aliphatic heterocycles. The molecule has 0 fully saturated rings. The number of anilines is 2. The number of rotatable bonds is 13. The Labute approximate surface area is 274 Å². The van der Waals surface area contributed by atoms with E-state index in [-0.39, 0.29) is 34.0 Å². The van der Waals surface area contributed by atoms with Crippen molar-refractivity contribution in [3.63, 3.8) is 0 Å². The van der Waals surface area contributed by atoms with Crippen LogP contribution in [0.1, 0.15) is 48.2 Å². The van der Waals surface area contributed by atoms with Crippen molar-refractivity contribution >= 4 is 35.7 Å². The summed E-state index contributed by atoms with van der Waals surface area (Å²) in [6, 6.07) is 30.2. The van der Waals surface area contributed by atoms with Gasteiger partial charge in [0.1, 0.15) is 13.1 Å². The fraction of sp³-hybridized carbons (Fsp3) is 0.278. The van der Waals surface area contributed by atoms with Crippen LogP contribution in [-0.4, -0.2) is 28.2 Å². The molecule has 4 aromatic rings. The lowest BCUT2D eigenvalue weighted by atomic mass is 10.1. The van der Waals surface area contributed by atoms with Gasteiger partial charge in [-0.05, 0) is 72.5 Å². The highest BCUT2D eigenvalue weighted by Gasteiger charge is 2.08. The summed E-state index contributed by atoms with van der Waals surface area (Å²) in [5, 5.41) is 0. The van der Waals surface area contributed by atoms with Crippen LogP contribution in [0, 0.1) is 0 Å². The molecular weight excluding hydrogens is 648 g/mol. The molecule has 2 heterocycles. The zero-order chi connectivity index (χ0) is 28.2. The van der Waals surface area contributed by atoms with E-state index in [9.17, 15) is 0 Å². The van der Waals surface area contributed by atoms with E-state index in [0.29, 0.717) is 0 Å². The van der Waals surface area contributed by atoms with Crippen molar-refractivity contribution in [3.05, 3.63) is 120 Å². The first-order chi connectivity index (χ1) is 19.5. The molecule has 0 unspecified atom stereocenters. The van der Waals surface area contributed by atoms with Gasteiger partial charge in [0.2, 0.25) is 11.4 Å². The third-order valence-electron chi connectivity index (χ3n) is 7.21. The largest absolute Gasteiger partial charge is 1.00 e. The number of benzene rings is 2. The lowest BCUT2D eigenvalue weighted by Crippen LogP contribution is -3.00. The summed E-state index contributed by atoms with van der Waals surface area (Å²) in [5.74, 6) is 0. The first-order valence-electron chi connectivity index (χ1n) is 14.4. The number of hydrogen-bond donors (Lipinski definition) is 0. The van der Waals surface area contributed by atoms with Gasteiger partial charge in [0.15, 0.2) is 12.4 Å². The minimum absolute atomic E-state index is 0. The normalized spacial score (nSPS) is 10.9. The quantitative estimate of drug-likeness (QED) is 0.154. The molecule has 4 rings (SSSR count). The molecule has 2 aromatic carbocycles. The van der Waals surface area contributed by atoms with Crippen LogP contribution in [-0.2, 0) is 13.1 Å². The number of aromatic nitrogens is 2. The molecule has 222 valence electrons. The maximum atomic E-state index is 2.37. The first kappa shape index (κ1) is 35.0. The second-order valence-corrected chi connectivity index (χ2v) is 10.7. The highest BCUT2D eigenvalue weighted by atomic mass is 79.9. The van der Waals surface area contributed by atoms with Crippen LogP contribution in [0.2, 0.25) is 0 Å². The van der Waals surface area contributed by atoms with Crippen LogP contribution < -0.4 is 52.9 Å². The van der Waals surface area contributed by atoms with E-state index < -0.39 is 0 Å². The summed E-state index contributed by atoms with van der Waals surface area (Å²) in [4.78, 5) is 4.25. The molecule has 0 N–H and O–H groups in total. The fourth-order valence-electron chi connectivity index (χ4n) is 4.74. The minimum atomic E-state index is 0. The van der Waals surface area contributed by atoms with Crippen LogP contribution in [0.15, 0.2) is 97.3 Å². The fourth-order valence-corrected chi connectivity index (χ4v) is 4.74. The summed E-state index contributed by atoms with van der Waals surface area (Å²) < 4.78 is 4.73. The average Bonchev–Trinajstić information content (AvgIpc) is 2.98. The Balaban J connectivity index is 0.00000308. The van der Waals surface area contributed by atoms with Gasteiger partial charge in [-0.2, -0.15) is 9.13 Å². The van der Waals surface area contributed by atoms with Crippen molar-refractivity contribution < 1.29 is 43.1 Å². The molecule has 0 saturated carbocycles. The molecule has 0 radical (unpaired) electrons. The van der Waals surface area contributed by atoms with Gasteiger partial charge in [0.05, 0.1) is 0 Å². The van der Waals surface area contributed by atoms with Crippen LogP contribution in [0.25, 0.3) is 24.3 Å². The summed E-state index contributed by atoms with van der Waals surface area (Å²) in [6.45, 7) is 2.08. The van der Waals surface area contributed by atoms with E-state index in [0.717, 1.165) is 13.1 Å². The van der Waals surface area contributed by atoms with Crippen molar-refractivity contribution in [1.29, 1.82) is 0 Å². The minimum Gasteiger partial charge on any atom is -1.00 e. The molecule has 42 heavy (non-hydrogen) atoms. The van der Waals surface area contributed by atoms with Crippen molar-refractivity contribution in [2.45, 2.75) is 38.8 Å². The van der Waals surface area contributed by atoms with E-state index in [1.165, 1.54) is 59.6 Å². The molecule has 0 amide bonds. The van der Waals surface area contributed by atoms with Gasteiger partial charge >= 0.3 is 0 Å². The predicted octanol–water partition coefficient (Wildman–Crippen LogP) is 1.00. The molecular formula is C36H44Br2N4. The Morgan fingerprint density at radius 2 is 0.857 bits per heavy atom. The zero-order valence-electron chi connectivity index (χ0n) is 25.3. The van der Waals surface area contributed by atoms with Crippen molar-refractivity contribution in [3.8, 4) is 0 Å². The maximum Gasteiger partial charge on any atom is 0.205 e. The van der Waals surface area contributed by atoms with E-state index >= 15 is 0 Å². The molecule has 0 bridgehead atoms. The molecule has 0 atom stereocenters. The van der Waals surface area contributed by atoms with Crippen molar-refractivity contribution in [1.82, 2.24) is 0 Å².